The van der Waals surface area contributed by atoms with Gasteiger partial charge in [-0.05, 0) is 25.8 Å². The largest absolute Gasteiger partial charge is 0.492 e. The molecule has 0 unspecified atom stereocenters. The molecule has 1 aromatic carbocycles. The molecule has 36 heavy (non-hydrogen) atoms. The number of hydrogen-bond acceptors (Lipinski definition) is 7. The maximum Gasteiger partial charge on any atom is 0.144 e. The fourth-order valence-corrected chi connectivity index (χ4v) is 5.56. The second-order valence-corrected chi connectivity index (χ2v) is 9.78. The molecule has 0 amide bonds. The summed E-state index contributed by atoms with van der Waals surface area (Å²) in [4.78, 5) is 12.0. The number of aliphatic hydroxyl groups is 1. The van der Waals surface area contributed by atoms with E-state index in [2.05, 4.69) is 15.0 Å². The predicted molar refractivity (Wildman–Crippen MR) is 143 cm³/mol. The molecule has 0 aliphatic carbocycles. The number of ether oxygens (including phenoxy) is 1. The molecule has 3 aromatic heterocycles. The normalized spacial score (nSPS) is 15.4. The quantitative estimate of drug-likeness (QED) is 0.249. The van der Waals surface area contributed by atoms with Crippen LogP contribution in [-0.4, -0.2) is 69.1 Å². The van der Waals surface area contributed by atoms with Crippen molar-refractivity contribution in [3.8, 4) is 27.6 Å². The Labute approximate surface area is 213 Å². The lowest BCUT2D eigenvalue weighted by Gasteiger charge is -2.29. The van der Waals surface area contributed by atoms with Crippen molar-refractivity contribution in [1.29, 1.82) is 5.41 Å². The van der Waals surface area contributed by atoms with Gasteiger partial charge < -0.3 is 15.6 Å². The Morgan fingerprint density at radius 1 is 1.28 bits per heavy atom. The molecule has 0 radical (unpaired) electrons. The van der Waals surface area contributed by atoms with Crippen LogP contribution in [0.3, 0.4) is 0 Å². The maximum atomic E-state index is 9.70. The van der Waals surface area contributed by atoms with Gasteiger partial charge in [0.1, 0.15) is 29.5 Å². The van der Waals surface area contributed by atoms with Crippen LogP contribution in [-0.2, 0) is 0 Å². The number of fused-ring (bicyclic) bond motifs is 1. The van der Waals surface area contributed by atoms with Crippen molar-refractivity contribution in [3.63, 3.8) is 0 Å². The molecule has 4 aromatic rings. The van der Waals surface area contributed by atoms with Gasteiger partial charge in [-0.15, -0.1) is 11.3 Å². The van der Waals surface area contributed by atoms with Gasteiger partial charge in [0.05, 0.1) is 33.4 Å². The highest BCUT2D eigenvalue weighted by Gasteiger charge is 2.22. The third-order valence-corrected chi connectivity index (χ3v) is 7.43. The van der Waals surface area contributed by atoms with Crippen molar-refractivity contribution in [1.82, 2.24) is 19.5 Å². The standard InChI is InChI=1S/C26H29N7O2S/c1-17-22(26-30-23(18-5-3-2-4-6-18)24(36-26)25(28)29-16-27)21-15-20(9-12-33(21)31-17)35-14-13-32-10-7-19(34)8-11-32/h2-6,9,12,15-16,19,34H,7-8,10-11,13-14H2,1H3,(H3,27,28,29). The number of aromatic nitrogens is 3. The molecule has 0 spiro atoms. The molecule has 10 heteroatoms. The van der Waals surface area contributed by atoms with Crippen LogP contribution < -0.4 is 10.5 Å². The maximum absolute atomic E-state index is 9.70. The first-order chi connectivity index (χ1) is 17.5. The molecule has 0 bridgehead atoms. The van der Waals surface area contributed by atoms with E-state index in [0.717, 1.165) is 82.5 Å². The van der Waals surface area contributed by atoms with Gasteiger partial charge in [-0.3, -0.25) is 10.3 Å². The number of nitrogens with two attached hydrogens (primary N) is 1. The zero-order valence-electron chi connectivity index (χ0n) is 20.1. The monoisotopic (exact) mass is 503 g/mol. The number of nitrogens with one attached hydrogen (secondary N) is 1. The molecule has 0 saturated carbocycles. The van der Waals surface area contributed by atoms with Crippen molar-refractivity contribution in [3.05, 3.63) is 59.2 Å². The number of aliphatic hydroxyl groups excluding tert-OH is 1. The Morgan fingerprint density at radius 2 is 2.06 bits per heavy atom. The zero-order chi connectivity index (χ0) is 25.1. The number of nitrogens with zero attached hydrogens (tertiary/aromatic N) is 5. The first kappa shape index (κ1) is 24.1. The van der Waals surface area contributed by atoms with Gasteiger partial charge in [-0.2, -0.15) is 5.10 Å². The Hall–Kier alpha value is -3.60. The number of aliphatic imine (C=N–C) groups is 1. The SMILES string of the molecule is Cc1nn2ccc(OCCN3CCC(O)CC3)cc2c1-c1nc(-c2ccccc2)c(C(N)=NC=N)s1. The van der Waals surface area contributed by atoms with E-state index in [1.54, 1.807) is 0 Å². The van der Waals surface area contributed by atoms with Crippen molar-refractivity contribution in [2.75, 3.05) is 26.2 Å². The number of amidine groups is 1. The number of piperidine rings is 1. The fourth-order valence-electron chi connectivity index (χ4n) is 4.45. The van der Waals surface area contributed by atoms with E-state index in [4.69, 9.17) is 20.9 Å². The summed E-state index contributed by atoms with van der Waals surface area (Å²) in [6, 6.07) is 13.7. The third kappa shape index (κ3) is 5.01. The van der Waals surface area contributed by atoms with E-state index >= 15 is 0 Å². The predicted octanol–water partition coefficient (Wildman–Crippen LogP) is 3.58. The van der Waals surface area contributed by atoms with Crippen molar-refractivity contribution in [2.45, 2.75) is 25.9 Å². The Balaban J connectivity index is 1.45. The highest BCUT2D eigenvalue weighted by molar-refractivity contribution is 7.17. The Kier molecular flexibility index (Phi) is 7.08. The first-order valence-corrected chi connectivity index (χ1v) is 12.8. The van der Waals surface area contributed by atoms with Crippen molar-refractivity contribution >= 4 is 29.0 Å². The topological polar surface area (TPSA) is 125 Å². The smallest absolute Gasteiger partial charge is 0.144 e. The number of aryl methyl sites for hydroxylation is 1. The highest BCUT2D eigenvalue weighted by atomic mass is 32.1. The van der Waals surface area contributed by atoms with Crippen molar-refractivity contribution in [2.24, 2.45) is 10.7 Å². The molecule has 1 aliphatic heterocycles. The molecular formula is C26H29N7O2S. The minimum Gasteiger partial charge on any atom is -0.492 e. The summed E-state index contributed by atoms with van der Waals surface area (Å²) in [5.41, 5.74) is 10.5. The van der Waals surface area contributed by atoms with Crippen LogP contribution in [0.5, 0.6) is 5.75 Å². The number of pyridine rings is 1. The average Bonchev–Trinajstić information content (AvgIpc) is 3.46. The molecule has 1 saturated heterocycles. The Morgan fingerprint density at radius 3 is 2.81 bits per heavy atom. The van der Waals surface area contributed by atoms with Gasteiger partial charge in [0, 0.05) is 37.5 Å². The van der Waals surface area contributed by atoms with E-state index in [0.29, 0.717) is 6.61 Å². The molecule has 4 N–H and O–H groups in total. The van der Waals surface area contributed by atoms with Gasteiger partial charge >= 0.3 is 0 Å². The summed E-state index contributed by atoms with van der Waals surface area (Å²) in [5, 5.41) is 22.5. The van der Waals surface area contributed by atoms with Gasteiger partial charge in [-0.1, -0.05) is 30.3 Å². The lowest BCUT2D eigenvalue weighted by Crippen LogP contribution is -2.38. The summed E-state index contributed by atoms with van der Waals surface area (Å²) < 4.78 is 7.92. The van der Waals surface area contributed by atoms with E-state index in [1.165, 1.54) is 11.3 Å². The molecule has 9 nitrogen and oxygen atoms in total. The van der Waals surface area contributed by atoms with E-state index in [1.807, 2.05) is 60.1 Å². The summed E-state index contributed by atoms with van der Waals surface area (Å²) in [6.07, 6.45) is 4.31. The molecule has 0 atom stereocenters. The molecule has 4 heterocycles. The molecule has 1 aliphatic rings. The van der Waals surface area contributed by atoms with Crippen LogP contribution >= 0.6 is 11.3 Å². The van der Waals surface area contributed by atoms with Crippen LogP contribution in [0.2, 0.25) is 0 Å². The number of hydrogen-bond donors (Lipinski definition) is 3. The first-order valence-electron chi connectivity index (χ1n) is 11.9. The summed E-state index contributed by atoms with van der Waals surface area (Å²) in [7, 11) is 0. The fraction of sp³-hybridized carbons (Fsp3) is 0.308. The van der Waals surface area contributed by atoms with Crippen LogP contribution in [0.1, 0.15) is 23.4 Å². The highest BCUT2D eigenvalue weighted by Crippen LogP contribution is 2.37. The van der Waals surface area contributed by atoms with Gasteiger partial charge in [0.2, 0.25) is 0 Å². The molecule has 186 valence electrons. The summed E-state index contributed by atoms with van der Waals surface area (Å²) in [6.45, 7) is 5.16. The van der Waals surface area contributed by atoms with Crippen LogP contribution in [0.25, 0.3) is 27.3 Å². The van der Waals surface area contributed by atoms with E-state index in [9.17, 15) is 5.11 Å². The van der Waals surface area contributed by atoms with E-state index < -0.39 is 0 Å². The minimum absolute atomic E-state index is 0.173. The minimum atomic E-state index is -0.173. The lowest BCUT2D eigenvalue weighted by molar-refractivity contribution is 0.0755. The number of likely N-dealkylation sites (tertiary alicyclic amines) is 1. The summed E-state index contributed by atoms with van der Waals surface area (Å²) >= 11 is 1.44. The third-order valence-electron chi connectivity index (χ3n) is 6.34. The number of thiazole rings is 1. The Bertz CT molecular complexity index is 1390. The van der Waals surface area contributed by atoms with Gasteiger partial charge in [-0.25, -0.2) is 14.5 Å². The van der Waals surface area contributed by atoms with Crippen LogP contribution in [0.4, 0.5) is 0 Å². The summed E-state index contributed by atoms with van der Waals surface area (Å²) in [5.74, 6) is 1.03. The van der Waals surface area contributed by atoms with Gasteiger partial charge in [0.15, 0.2) is 0 Å². The van der Waals surface area contributed by atoms with E-state index in [-0.39, 0.29) is 11.9 Å². The number of rotatable bonds is 8. The second-order valence-electron chi connectivity index (χ2n) is 8.78. The lowest BCUT2D eigenvalue weighted by atomic mass is 10.1. The van der Waals surface area contributed by atoms with Crippen LogP contribution in [0.15, 0.2) is 53.7 Å². The van der Waals surface area contributed by atoms with Gasteiger partial charge in [0.25, 0.3) is 0 Å². The van der Waals surface area contributed by atoms with Crippen LogP contribution in [0, 0.1) is 12.3 Å². The molecule has 5 rings (SSSR count). The zero-order valence-corrected chi connectivity index (χ0v) is 20.9. The molecular weight excluding hydrogens is 474 g/mol. The van der Waals surface area contributed by atoms with Crippen molar-refractivity contribution < 1.29 is 9.84 Å². The molecule has 1 fully saturated rings. The average molecular weight is 504 g/mol. The number of benzene rings is 1. The second kappa shape index (κ2) is 10.6.